The Morgan fingerprint density at radius 1 is 0.579 bits per heavy atom. The average Bonchev–Trinajstić information content (AvgIpc) is 3.21. The van der Waals surface area contributed by atoms with Crippen LogP contribution in [0.3, 0.4) is 0 Å². The molecule has 338 valence electrons. The Bertz CT molecular complexity index is 904. The Hall–Kier alpha value is -1.07. The molecule has 1 saturated heterocycles. The minimum atomic E-state index is -1.56. The number of carbonyl (C=O) groups is 1. The maximum atomic E-state index is 13.0. The number of hydrogen-bond donors (Lipinski definition) is 6. The van der Waals surface area contributed by atoms with Crippen molar-refractivity contribution < 1.29 is 39.8 Å². The summed E-state index contributed by atoms with van der Waals surface area (Å²) in [4.78, 5) is 13.0. The number of ether oxygens (including phenoxy) is 2. The van der Waals surface area contributed by atoms with Crippen LogP contribution in [0.4, 0.5) is 0 Å². The minimum absolute atomic E-state index is 0.174. The number of unbranched alkanes of at least 4 members (excludes halogenated alkanes) is 31. The van der Waals surface area contributed by atoms with Crippen LogP contribution in [0, 0.1) is 0 Å². The van der Waals surface area contributed by atoms with E-state index in [4.69, 9.17) is 9.47 Å². The van der Waals surface area contributed by atoms with Crippen LogP contribution in [0.2, 0.25) is 0 Å². The molecule has 9 nitrogen and oxygen atoms in total. The Morgan fingerprint density at radius 2 is 0.965 bits per heavy atom. The van der Waals surface area contributed by atoms with Crippen molar-refractivity contribution in [3.8, 4) is 0 Å². The van der Waals surface area contributed by atoms with E-state index in [-0.39, 0.29) is 12.5 Å². The van der Waals surface area contributed by atoms with Crippen molar-refractivity contribution in [2.45, 2.75) is 275 Å². The van der Waals surface area contributed by atoms with Crippen LogP contribution in [0.1, 0.15) is 232 Å². The summed E-state index contributed by atoms with van der Waals surface area (Å²) < 4.78 is 11.2. The summed E-state index contributed by atoms with van der Waals surface area (Å²) >= 11 is 0. The van der Waals surface area contributed by atoms with Gasteiger partial charge in [0.2, 0.25) is 5.91 Å². The second kappa shape index (κ2) is 39.1. The highest BCUT2D eigenvalue weighted by molar-refractivity contribution is 5.76. The monoisotopic (exact) mass is 812 g/mol. The summed E-state index contributed by atoms with van der Waals surface area (Å²) in [6.07, 6.45) is 38.3. The average molecular weight is 812 g/mol. The largest absolute Gasteiger partial charge is 0.394 e. The molecule has 0 bridgehead atoms. The van der Waals surface area contributed by atoms with Crippen molar-refractivity contribution in [3.63, 3.8) is 0 Å². The first kappa shape index (κ1) is 53.9. The SMILES string of the molecule is CCCCCCCCCCCCCCCCCCCC/C=C/C(O)C(COC1OC(CO)C(O)C(O)C1O)NC(=O)CCCCCCCCCCCCCCCC. The lowest BCUT2D eigenvalue weighted by Gasteiger charge is -2.40. The van der Waals surface area contributed by atoms with Crippen LogP contribution in [0.25, 0.3) is 0 Å². The first-order valence-corrected chi connectivity index (χ1v) is 24.4. The molecule has 0 aromatic heterocycles. The van der Waals surface area contributed by atoms with Gasteiger partial charge in [0, 0.05) is 6.42 Å². The first-order chi connectivity index (χ1) is 27.8. The van der Waals surface area contributed by atoms with Gasteiger partial charge in [0.15, 0.2) is 6.29 Å². The molecule has 0 saturated carbocycles. The van der Waals surface area contributed by atoms with Gasteiger partial charge in [0.25, 0.3) is 0 Å². The highest BCUT2D eigenvalue weighted by Crippen LogP contribution is 2.23. The zero-order valence-electron chi connectivity index (χ0n) is 37.1. The Kier molecular flexibility index (Phi) is 37.0. The van der Waals surface area contributed by atoms with Gasteiger partial charge in [0.05, 0.1) is 25.4 Å². The highest BCUT2D eigenvalue weighted by atomic mass is 16.7. The molecule has 0 aromatic carbocycles. The number of amides is 1. The summed E-state index contributed by atoms with van der Waals surface area (Å²) in [5.41, 5.74) is 0. The molecule has 0 radical (unpaired) electrons. The van der Waals surface area contributed by atoms with E-state index in [0.29, 0.717) is 6.42 Å². The summed E-state index contributed by atoms with van der Waals surface area (Å²) in [6.45, 7) is 3.79. The van der Waals surface area contributed by atoms with Gasteiger partial charge >= 0.3 is 0 Å². The van der Waals surface area contributed by atoms with E-state index >= 15 is 0 Å². The fourth-order valence-electron chi connectivity index (χ4n) is 7.92. The Balaban J connectivity index is 2.31. The predicted molar refractivity (Wildman–Crippen MR) is 235 cm³/mol. The fraction of sp³-hybridized carbons (Fsp3) is 0.938. The van der Waals surface area contributed by atoms with E-state index in [0.717, 1.165) is 38.5 Å². The first-order valence-electron chi connectivity index (χ1n) is 24.4. The van der Waals surface area contributed by atoms with Gasteiger partial charge in [-0.2, -0.15) is 0 Å². The molecule has 6 N–H and O–H groups in total. The molecular formula is C48H93NO8. The molecule has 0 aliphatic carbocycles. The third kappa shape index (κ3) is 29.7. The molecule has 0 aromatic rings. The molecule has 1 amide bonds. The molecule has 1 aliphatic rings. The quantitative estimate of drug-likeness (QED) is 0.0264. The molecule has 1 rings (SSSR count). The number of aliphatic hydroxyl groups excluding tert-OH is 5. The van der Waals surface area contributed by atoms with E-state index in [2.05, 4.69) is 19.2 Å². The zero-order valence-corrected chi connectivity index (χ0v) is 37.1. The second-order valence-corrected chi connectivity index (χ2v) is 17.3. The topological polar surface area (TPSA) is 149 Å². The molecule has 1 aliphatic heterocycles. The maximum absolute atomic E-state index is 13.0. The smallest absolute Gasteiger partial charge is 0.220 e. The Labute approximate surface area is 350 Å². The molecule has 7 unspecified atom stereocenters. The van der Waals surface area contributed by atoms with Gasteiger partial charge in [-0.05, 0) is 19.3 Å². The van der Waals surface area contributed by atoms with Crippen molar-refractivity contribution >= 4 is 5.91 Å². The second-order valence-electron chi connectivity index (χ2n) is 17.3. The van der Waals surface area contributed by atoms with Gasteiger partial charge in [-0.1, -0.05) is 219 Å². The molecule has 1 heterocycles. The van der Waals surface area contributed by atoms with E-state index < -0.39 is 49.5 Å². The van der Waals surface area contributed by atoms with Crippen molar-refractivity contribution in [1.29, 1.82) is 0 Å². The number of aliphatic hydroxyl groups is 5. The van der Waals surface area contributed by atoms with E-state index in [9.17, 15) is 30.3 Å². The van der Waals surface area contributed by atoms with Gasteiger partial charge in [-0.25, -0.2) is 0 Å². The minimum Gasteiger partial charge on any atom is -0.394 e. The lowest BCUT2D eigenvalue weighted by atomic mass is 9.99. The third-order valence-electron chi connectivity index (χ3n) is 11.9. The summed E-state index contributed by atoms with van der Waals surface area (Å²) in [7, 11) is 0. The van der Waals surface area contributed by atoms with Gasteiger partial charge in [-0.15, -0.1) is 0 Å². The summed E-state index contributed by atoms with van der Waals surface area (Å²) in [5.74, 6) is -0.174. The predicted octanol–water partition coefficient (Wildman–Crippen LogP) is 10.5. The third-order valence-corrected chi connectivity index (χ3v) is 11.9. The Morgan fingerprint density at radius 3 is 1.37 bits per heavy atom. The molecular weight excluding hydrogens is 719 g/mol. The van der Waals surface area contributed by atoms with E-state index in [1.807, 2.05) is 6.08 Å². The van der Waals surface area contributed by atoms with E-state index in [1.165, 1.54) is 173 Å². The molecule has 57 heavy (non-hydrogen) atoms. The van der Waals surface area contributed by atoms with Crippen LogP contribution >= 0.6 is 0 Å². The van der Waals surface area contributed by atoms with E-state index in [1.54, 1.807) is 6.08 Å². The summed E-state index contributed by atoms with van der Waals surface area (Å²) in [6, 6.07) is -0.798. The molecule has 0 spiro atoms. The van der Waals surface area contributed by atoms with Crippen LogP contribution < -0.4 is 5.32 Å². The number of carbonyl (C=O) groups excluding carboxylic acids is 1. The normalized spacial score (nSPS) is 21.0. The van der Waals surface area contributed by atoms with Crippen molar-refractivity contribution in [1.82, 2.24) is 5.32 Å². The van der Waals surface area contributed by atoms with Crippen LogP contribution in [0.5, 0.6) is 0 Å². The maximum Gasteiger partial charge on any atom is 0.220 e. The molecule has 7 atom stereocenters. The molecule has 9 heteroatoms. The fourth-order valence-corrected chi connectivity index (χ4v) is 7.92. The highest BCUT2D eigenvalue weighted by Gasteiger charge is 2.44. The van der Waals surface area contributed by atoms with Crippen LogP contribution in [-0.2, 0) is 14.3 Å². The summed E-state index contributed by atoms with van der Waals surface area (Å²) in [5, 5.41) is 54.3. The lowest BCUT2D eigenvalue weighted by molar-refractivity contribution is -0.302. The zero-order chi connectivity index (χ0) is 41.6. The van der Waals surface area contributed by atoms with Crippen molar-refractivity contribution in [2.24, 2.45) is 0 Å². The number of nitrogens with one attached hydrogen (secondary N) is 1. The van der Waals surface area contributed by atoms with Crippen LogP contribution in [0.15, 0.2) is 12.2 Å². The number of hydrogen-bond acceptors (Lipinski definition) is 8. The molecule has 1 fully saturated rings. The number of rotatable bonds is 41. The van der Waals surface area contributed by atoms with Crippen molar-refractivity contribution in [3.05, 3.63) is 12.2 Å². The van der Waals surface area contributed by atoms with Gasteiger partial charge < -0.3 is 40.3 Å². The van der Waals surface area contributed by atoms with Crippen molar-refractivity contribution in [2.75, 3.05) is 13.2 Å². The number of allylic oxidation sites excluding steroid dienone is 1. The van der Waals surface area contributed by atoms with Gasteiger partial charge in [-0.3, -0.25) is 4.79 Å². The van der Waals surface area contributed by atoms with Crippen LogP contribution in [-0.4, -0.2) is 87.5 Å². The lowest BCUT2D eigenvalue weighted by Crippen LogP contribution is -2.60. The van der Waals surface area contributed by atoms with Gasteiger partial charge in [0.1, 0.15) is 24.4 Å². The standard InChI is InChI=1S/C48H93NO8/c1-3-5-7-9-11-13-15-17-19-20-21-22-23-24-25-27-29-31-33-35-37-42(51)41(40-56-48-47(55)46(54)45(53)43(39-50)57-48)49-44(52)38-36-34-32-30-28-26-18-16-14-12-10-8-6-4-2/h35,37,41-43,45-48,50-51,53-55H,3-34,36,38-40H2,1-2H3,(H,49,52)/b37-35+.